The topological polar surface area (TPSA) is 266 Å². The van der Waals surface area contributed by atoms with Crippen molar-refractivity contribution in [3.63, 3.8) is 0 Å². The Labute approximate surface area is 268 Å². The summed E-state index contributed by atoms with van der Waals surface area (Å²) in [7, 11) is -22.1. The van der Waals surface area contributed by atoms with E-state index in [4.69, 9.17) is 33.4 Å². The van der Waals surface area contributed by atoms with Gasteiger partial charge < -0.3 is 57.8 Å². The van der Waals surface area contributed by atoms with Crippen LogP contribution in [0.25, 0.3) is 0 Å². The summed E-state index contributed by atoms with van der Waals surface area (Å²) in [6, 6.07) is 10.6. The number of aliphatic hydroxyl groups excluding tert-OH is 2. The predicted molar refractivity (Wildman–Crippen MR) is 124 cm³/mol. The number of aliphatic hydroxyl groups is 2. The summed E-state index contributed by atoms with van der Waals surface area (Å²) in [5.74, 6) is -0.750. The van der Waals surface area contributed by atoms with Crippen molar-refractivity contribution in [2.75, 3.05) is 0 Å². The molecule has 0 spiro atoms. The Morgan fingerprint density at radius 3 is 1.05 bits per heavy atom. The van der Waals surface area contributed by atoms with E-state index in [1.807, 2.05) is 0 Å². The molecule has 0 saturated heterocycles. The van der Waals surface area contributed by atoms with Crippen LogP contribution in [0.3, 0.4) is 0 Å². The van der Waals surface area contributed by atoms with Gasteiger partial charge in [-0.1, -0.05) is 47.5 Å². The van der Waals surface area contributed by atoms with Gasteiger partial charge in [0.05, 0.1) is 10.0 Å². The Morgan fingerprint density at radius 1 is 0.595 bits per heavy atom. The van der Waals surface area contributed by atoms with E-state index in [1.165, 1.54) is 36.4 Å². The molecule has 2 aromatic rings. The molecule has 23 heteroatoms. The van der Waals surface area contributed by atoms with Crippen LogP contribution < -0.4 is 38.4 Å². The van der Waals surface area contributed by atoms with E-state index in [-0.39, 0.29) is 90.7 Å². The Hall–Kier alpha value is 1.52. The van der Waals surface area contributed by atoms with Gasteiger partial charge in [0.1, 0.15) is 11.5 Å². The van der Waals surface area contributed by atoms with Gasteiger partial charge in [-0.25, -0.2) is 0 Å². The molecule has 0 radical (unpaired) electrons. The number of halogens is 2. The molecule has 4 unspecified atom stereocenters. The van der Waals surface area contributed by atoms with Gasteiger partial charge in [-0.3, -0.25) is 9.13 Å². The average Bonchev–Trinajstić information content (AvgIpc) is 2.69. The SMILES string of the molecule is O=P([O-])([O-])C(O)P(=O)([O-])Oc1ccccc1Cl.O=P([O-])([O-])C(O)P(=O)([O-])Oc1ccccc1Cl.[Mg+2].[Mg+2].[Mg+2]. The minimum atomic E-state index is -5.72. The third kappa shape index (κ3) is 14.3. The molecule has 0 aliphatic heterocycles. The zero-order valence-electron chi connectivity index (χ0n) is 18.2. The van der Waals surface area contributed by atoms with Crippen LogP contribution in [0.15, 0.2) is 48.5 Å². The van der Waals surface area contributed by atoms with Crippen molar-refractivity contribution in [3.05, 3.63) is 58.6 Å². The molecule has 0 amide bonds. The van der Waals surface area contributed by atoms with Crippen molar-refractivity contribution in [3.8, 4) is 11.5 Å². The maximum Gasteiger partial charge on any atom is 2.00 e. The molecule has 192 valence electrons. The molecule has 2 rings (SSSR count). The van der Waals surface area contributed by atoms with Crippen molar-refractivity contribution >= 4 is 123 Å². The van der Waals surface area contributed by atoms with E-state index in [1.54, 1.807) is 0 Å². The molecule has 0 heterocycles. The molecule has 14 nitrogen and oxygen atoms in total. The van der Waals surface area contributed by atoms with Crippen molar-refractivity contribution < 1.29 is 66.9 Å². The second-order valence-electron chi connectivity index (χ2n) is 5.90. The van der Waals surface area contributed by atoms with E-state index < -0.39 is 41.6 Å². The monoisotopic (exact) mass is 670 g/mol. The van der Waals surface area contributed by atoms with E-state index in [9.17, 15) is 47.6 Å². The predicted octanol–water partition coefficient (Wildman–Crippen LogP) is -2.22. The number of hydrogen-bond acceptors (Lipinski definition) is 14. The van der Waals surface area contributed by atoms with Crippen LogP contribution in [0, 0.1) is 0 Å². The minimum absolute atomic E-state index is 0. The normalized spacial score (nSPS) is 15.8. The fourth-order valence-electron chi connectivity index (χ4n) is 1.75. The number of para-hydroxylation sites is 2. The molecule has 0 fully saturated rings. The third-order valence-corrected chi connectivity index (χ3v) is 10.4. The van der Waals surface area contributed by atoms with Crippen LogP contribution in [-0.2, 0) is 18.3 Å². The maximum atomic E-state index is 11.2. The number of benzene rings is 2. The molecule has 2 N–H and O–H groups in total. The van der Waals surface area contributed by atoms with Crippen LogP contribution in [-0.4, -0.2) is 90.5 Å². The van der Waals surface area contributed by atoms with Crippen LogP contribution in [0.5, 0.6) is 11.5 Å². The van der Waals surface area contributed by atoms with Gasteiger partial charge in [0.15, 0.2) is 11.2 Å². The molecule has 2 aromatic carbocycles. The van der Waals surface area contributed by atoms with Gasteiger partial charge in [-0.15, -0.1) is 0 Å². The first-order valence-corrected chi connectivity index (χ1v) is 15.4. The fourth-order valence-corrected chi connectivity index (χ4v) is 6.32. The van der Waals surface area contributed by atoms with E-state index in [0.29, 0.717) is 0 Å². The smallest absolute Gasteiger partial charge is 0.809 e. The van der Waals surface area contributed by atoms with Gasteiger partial charge in [-0.2, -0.15) is 0 Å². The molecule has 0 aliphatic carbocycles. The Morgan fingerprint density at radius 2 is 0.838 bits per heavy atom. The first-order valence-electron chi connectivity index (χ1n) is 8.18. The van der Waals surface area contributed by atoms with E-state index in [2.05, 4.69) is 9.05 Å². The molecule has 0 bridgehead atoms. The Bertz CT molecular complexity index is 1100. The summed E-state index contributed by atoms with van der Waals surface area (Å²) in [5.41, 5.74) is -6.29. The number of hydrogen-bond donors (Lipinski definition) is 2. The summed E-state index contributed by atoms with van der Waals surface area (Å²) in [6.07, 6.45) is 0. The molecule has 0 aromatic heterocycles. The summed E-state index contributed by atoms with van der Waals surface area (Å²) < 4.78 is 51.8. The quantitative estimate of drug-likeness (QED) is 0.222. The Kier molecular flexibility index (Phi) is 20.3. The zero-order valence-corrected chi connectivity index (χ0v) is 27.6. The van der Waals surface area contributed by atoms with Crippen molar-refractivity contribution in [2.45, 2.75) is 11.2 Å². The summed E-state index contributed by atoms with van der Waals surface area (Å²) >= 11 is 11.1. The van der Waals surface area contributed by atoms with Crippen LogP contribution in [0.2, 0.25) is 10.0 Å². The second kappa shape index (κ2) is 17.5. The fraction of sp³-hybridized carbons (Fsp3) is 0.143. The molecule has 4 atom stereocenters. The first kappa shape index (κ1) is 43.0. The van der Waals surface area contributed by atoms with Crippen molar-refractivity contribution in [2.24, 2.45) is 0 Å². The molecule has 0 aliphatic rings. The first-order chi connectivity index (χ1) is 15.3. The van der Waals surface area contributed by atoms with Crippen LogP contribution >= 0.6 is 53.6 Å². The average molecular weight is 672 g/mol. The van der Waals surface area contributed by atoms with Crippen LogP contribution in [0.1, 0.15) is 0 Å². The largest absolute Gasteiger partial charge is 2.00 e. The molecular formula is C14H12Cl2Mg3O14P4. The molecule has 37 heavy (non-hydrogen) atoms. The van der Waals surface area contributed by atoms with Gasteiger partial charge in [0.2, 0.25) is 15.2 Å². The summed E-state index contributed by atoms with van der Waals surface area (Å²) in [6.45, 7) is 0. The molecule has 0 saturated carbocycles. The van der Waals surface area contributed by atoms with Crippen LogP contribution in [0.4, 0.5) is 0 Å². The molecular weight excluding hydrogens is 660 g/mol. The number of rotatable bonds is 8. The standard InChI is InChI=1S/2C7H9ClO7P2.3Mg/c2*8-5-3-1-2-4-6(5)15-17(13,14)7(9)16(10,11)12;;;/h2*1-4,7,9H,(H,13,14)(H2,10,11,12);;;/q;;3*+2/p-6. The van der Waals surface area contributed by atoms with E-state index >= 15 is 0 Å². The summed E-state index contributed by atoms with van der Waals surface area (Å²) in [5, 5.41) is 17.4. The van der Waals surface area contributed by atoms with Gasteiger partial charge in [-0.05, 0) is 39.5 Å². The van der Waals surface area contributed by atoms with Crippen molar-refractivity contribution in [1.29, 1.82) is 0 Å². The maximum absolute atomic E-state index is 11.2. The van der Waals surface area contributed by atoms with Gasteiger partial charge >= 0.3 is 69.2 Å². The van der Waals surface area contributed by atoms with Gasteiger partial charge in [0.25, 0.3) is 0 Å². The van der Waals surface area contributed by atoms with E-state index in [0.717, 1.165) is 12.1 Å². The minimum Gasteiger partial charge on any atom is -0.809 e. The Balaban J connectivity index is -0.000000578. The second-order valence-corrected chi connectivity index (χ2v) is 14.2. The zero-order chi connectivity index (χ0) is 26.5. The van der Waals surface area contributed by atoms with Crippen molar-refractivity contribution in [1.82, 2.24) is 0 Å². The summed E-state index contributed by atoms with van der Waals surface area (Å²) in [4.78, 5) is 64.0. The van der Waals surface area contributed by atoms with Gasteiger partial charge in [0, 0.05) is 0 Å². The third-order valence-electron chi connectivity index (χ3n) is 3.26.